The SMILES string of the molecule is COc1cccc(/C=N\NC(=O)c2c(C)nc3cc(C)ccn23)c1OC. The minimum Gasteiger partial charge on any atom is -0.493 e. The fourth-order valence-corrected chi connectivity index (χ4v) is 2.76. The lowest BCUT2D eigenvalue weighted by atomic mass is 10.2. The maximum absolute atomic E-state index is 12.6. The van der Waals surface area contributed by atoms with Crippen LogP contribution < -0.4 is 14.9 Å². The highest BCUT2D eigenvalue weighted by Gasteiger charge is 2.16. The summed E-state index contributed by atoms with van der Waals surface area (Å²) >= 11 is 0. The Labute approximate surface area is 151 Å². The quantitative estimate of drug-likeness (QED) is 0.566. The van der Waals surface area contributed by atoms with E-state index in [1.165, 1.54) is 6.21 Å². The number of nitrogens with one attached hydrogen (secondary N) is 1. The third-order valence-corrected chi connectivity index (χ3v) is 3.97. The van der Waals surface area contributed by atoms with Crippen molar-refractivity contribution in [2.24, 2.45) is 5.10 Å². The van der Waals surface area contributed by atoms with Crippen molar-refractivity contribution < 1.29 is 14.3 Å². The van der Waals surface area contributed by atoms with Gasteiger partial charge in [0.1, 0.15) is 11.3 Å². The molecule has 1 N–H and O–H groups in total. The van der Waals surface area contributed by atoms with Crippen LogP contribution >= 0.6 is 0 Å². The Morgan fingerprint density at radius 3 is 2.77 bits per heavy atom. The zero-order valence-corrected chi connectivity index (χ0v) is 15.1. The number of hydrogen-bond acceptors (Lipinski definition) is 5. The monoisotopic (exact) mass is 352 g/mol. The van der Waals surface area contributed by atoms with Crippen molar-refractivity contribution in [1.29, 1.82) is 0 Å². The first kappa shape index (κ1) is 17.5. The Hall–Kier alpha value is -3.35. The maximum Gasteiger partial charge on any atom is 0.290 e. The number of aryl methyl sites for hydroxylation is 2. The predicted octanol–water partition coefficient (Wildman–Crippen LogP) is 2.73. The second kappa shape index (κ2) is 7.26. The summed E-state index contributed by atoms with van der Waals surface area (Å²) in [5, 5.41) is 4.05. The van der Waals surface area contributed by atoms with Crippen LogP contribution in [0.1, 0.15) is 27.3 Å². The Morgan fingerprint density at radius 1 is 1.23 bits per heavy atom. The molecular formula is C19H20N4O3. The first-order valence-corrected chi connectivity index (χ1v) is 8.05. The summed E-state index contributed by atoms with van der Waals surface area (Å²) in [5.41, 5.74) is 6.14. The van der Waals surface area contributed by atoms with Crippen molar-refractivity contribution in [1.82, 2.24) is 14.8 Å². The molecule has 0 unspecified atom stereocenters. The van der Waals surface area contributed by atoms with Gasteiger partial charge in [-0.25, -0.2) is 10.4 Å². The molecule has 3 aromatic rings. The molecule has 134 valence electrons. The molecule has 0 aliphatic rings. The number of aromatic nitrogens is 2. The van der Waals surface area contributed by atoms with Gasteiger partial charge in [-0.15, -0.1) is 0 Å². The molecular weight excluding hydrogens is 332 g/mol. The topological polar surface area (TPSA) is 77.2 Å². The second-order valence-corrected chi connectivity index (χ2v) is 5.76. The molecule has 7 heteroatoms. The van der Waals surface area contributed by atoms with Gasteiger partial charge >= 0.3 is 0 Å². The van der Waals surface area contributed by atoms with Crippen LogP contribution in [0.4, 0.5) is 0 Å². The van der Waals surface area contributed by atoms with E-state index < -0.39 is 0 Å². The lowest BCUT2D eigenvalue weighted by Crippen LogP contribution is -2.20. The van der Waals surface area contributed by atoms with Crippen LogP contribution in [0.3, 0.4) is 0 Å². The molecule has 0 atom stereocenters. The van der Waals surface area contributed by atoms with Gasteiger partial charge in [0.2, 0.25) is 0 Å². The molecule has 26 heavy (non-hydrogen) atoms. The summed E-state index contributed by atoms with van der Waals surface area (Å²) in [6.07, 6.45) is 3.34. The van der Waals surface area contributed by atoms with E-state index >= 15 is 0 Å². The summed E-state index contributed by atoms with van der Waals surface area (Å²) in [5.74, 6) is 0.808. The number of amides is 1. The van der Waals surface area contributed by atoms with Crippen LogP contribution in [0.25, 0.3) is 5.65 Å². The van der Waals surface area contributed by atoms with Gasteiger partial charge in [-0.1, -0.05) is 6.07 Å². The standard InChI is InChI=1S/C19H20N4O3/c1-12-8-9-23-16(10-12)21-13(2)17(23)19(24)22-20-11-14-6-5-7-15(25-3)18(14)26-4/h5-11H,1-4H3,(H,22,24)/b20-11-. The van der Waals surface area contributed by atoms with E-state index in [2.05, 4.69) is 15.5 Å². The predicted molar refractivity (Wildman–Crippen MR) is 99.3 cm³/mol. The molecule has 0 bridgehead atoms. The number of fused-ring (bicyclic) bond motifs is 1. The molecule has 7 nitrogen and oxygen atoms in total. The zero-order chi connectivity index (χ0) is 18.7. The number of rotatable bonds is 5. The number of para-hydroxylation sites is 1. The molecule has 1 aromatic carbocycles. The van der Waals surface area contributed by atoms with Crippen LogP contribution in [0.2, 0.25) is 0 Å². The zero-order valence-electron chi connectivity index (χ0n) is 15.1. The minimum absolute atomic E-state index is 0.336. The van der Waals surface area contributed by atoms with E-state index in [1.54, 1.807) is 31.6 Å². The van der Waals surface area contributed by atoms with Crippen molar-refractivity contribution in [2.75, 3.05) is 14.2 Å². The summed E-state index contributed by atoms with van der Waals surface area (Å²) in [7, 11) is 3.12. The maximum atomic E-state index is 12.6. The van der Waals surface area contributed by atoms with Gasteiger partial charge in [-0.3, -0.25) is 9.20 Å². The molecule has 0 aliphatic carbocycles. The average molecular weight is 352 g/mol. The van der Waals surface area contributed by atoms with Gasteiger partial charge in [0, 0.05) is 11.8 Å². The normalized spacial score (nSPS) is 11.1. The molecule has 0 aliphatic heterocycles. The Kier molecular flexibility index (Phi) is 4.88. The molecule has 1 amide bonds. The number of nitrogens with zero attached hydrogens (tertiary/aromatic N) is 3. The number of hydrogen-bond donors (Lipinski definition) is 1. The van der Waals surface area contributed by atoms with Crippen LogP contribution in [0, 0.1) is 13.8 Å². The highest BCUT2D eigenvalue weighted by molar-refractivity contribution is 5.95. The van der Waals surface area contributed by atoms with E-state index in [1.807, 2.05) is 37.4 Å². The number of benzene rings is 1. The largest absolute Gasteiger partial charge is 0.493 e. The highest BCUT2D eigenvalue weighted by atomic mass is 16.5. The highest BCUT2D eigenvalue weighted by Crippen LogP contribution is 2.29. The average Bonchev–Trinajstić information content (AvgIpc) is 2.96. The summed E-state index contributed by atoms with van der Waals surface area (Å²) in [4.78, 5) is 17.0. The van der Waals surface area contributed by atoms with Gasteiger partial charge in [0.25, 0.3) is 5.91 Å². The van der Waals surface area contributed by atoms with E-state index in [0.717, 1.165) is 11.2 Å². The first-order chi connectivity index (χ1) is 12.5. The summed E-state index contributed by atoms with van der Waals surface area (Å²) in [6.45, 7) is 3.78. The molecule has 2 aromatic heterocycles. The molecule has 0 spiro atoms. The minimum atomic E-state index is -0.336. The number of carbonyl (C=O) groups is 1. The van der Waals surface area contributed by atoms with Crippen molar-refractivity contribution in [3.8, 4) is 11.5 Å². The van der Waals surface area contributed by atoms with Gasteiger partial charge in [-0.05, 0) is 43.7 Å². The smallest absolute Gasteiger partial charge is 0.290 e. The van der Waals surface area contributed by atoms with Crippen LogP contribution in [-0.2, 0) is 0 Å². The third kappa shape index (κ3) is 3.23. The number of imidazole rings is 1. The Bertz CT molecular complexity index is 992. The fourth-order valence-electron chi connectivity index (χ4n) is 2.76. The van der Waals surface area contributed by atoms with Gasteiger partial charge in [0.05, 0.1) is 26.1 Å². The van der Waals surface area contributed by atoms with E-state index in [0.29, 0.717) is 28.5 Å². The molecule has 0 saturated heterocycles. The Morgan fingerprint density at radius 2 is 2.04 bits per heavy atom. The summed E-state index contributed by atoms with van der Waals surface area (Å²) < 4.78 is 12.3. The lowest BCUT2D eigenvalue weighted by molar-refractivity contribution is 0.0948. The van der Waals surface area contributed by atoms with E-state index in [-0.39, 0.29) is 5.91 Å². The molecule has 0 fully saturated rings. The van der Waals surface area contributed by atoms with E-state index in [4.69, 9.17) is 9.47 Å². The fraction of sp³-hybridized carbons (Fsp3) is 0.211. The van der Waals surface area contributed by atoms with Crippen molar-refractivity contribution in [3.05, 3.63) is 59.0 Å². The second-order valence-electron chi connectivity index (χ2n) is 5.76. The summed E-state index contributed by atoms with van der Waals surface area (Å²) in [6, 6.07) is 9.28. The van der Waals surface area contributed by atoms with Crippen LogP contribution in [0.5, 0.6) is 11.5 Å². The molecule has 0 saturated carbocycles. The van der Waals surface area contributed by atoms with Crippen LogP contribution in [-0.4, -0.2) is 35.7 Å². The molecule has 0 radical (unpaired) electrons. The van der Waals surface area contributed by atoms with Crippen LogP contribution in [0.15, 0.2) is 41.6 Å². The van der Waals surface area contributed by atoms with Gasteiger partial charge in [0.15, 0.2) is 11.5 Å². The van der Waals surface area contributed by atoms with Crippen molar-refractivity contribution >= 4 is 17.8 Å². The molecule has 2 heterocycles. The number of hydrazone groups is 1. The lowest BCUT2D eigenvalue weighted by Gasteiger charge is -2.09. The van der Waals surface area contributed by atoms with E-state index in [9.17, 15) is 4.79 Å². The number of carbonyl (C=O) groups excluding carboxylic acids is 1. The van der Waals surface area contributed by atoms with Gasteiger partial charge in [-0.2, -0.15) is 5.10 Å². The number of methoxy groups -OCH3 is 2. The number of ether oxygens (including phenoxy) is 2. The van der Waals surface area contributed by atoms with Gasteiger partial charge < -0.3 is 9.47 Å². The molecule has 3 rings (SSSR count). The van der Waals surface area contributed by atoms with Crippen molar-refractivity contribution in [3.63, 3.8) is 0 Å². The van der Waals surface area contributed by atoms with Crippen molar-refractivity contribution in [2.45, 2.75) is 13.8 Å². The number of pyridine rings is 1. The Balaban J connectivity index is 1.84. The third-order valence-electron chi connectivity index (χ3n) is 3.97. The first-order valence-electron chi connectivity index (χ1n) is 8.05.